The summed E-state index contributed by atoms with van der Waals surface area (Å²) in [6.07, 6.45) is 23.7. The Morgan fingerprint density at radius 1 is 0.278 bits per heavy atom. The van der Waals surface area contributed by atoms with Crippen molar-refractivity contribution in [2.75, 3.05) is 13.2 Å². The van der Waals surface area contributed by atoms with Crippen molar-refractivity contribution in [3.8, 4) is 22.3 Å². The quantitative estimate of drug-likeness (QED) is 0.00943. The van der Waals surface area contributed by atoms with Gasteiger partial charge in [0.2, 0.25) is 23.1 Å². The molecule has 0 atom stereocenters. The van der Waals surface area contributed by atoms with E-state index in [1.54, 1.807) is 97.1 Å². The van der Waals surface area contributed by atoms with Gasteiger partial charge in [-0.05, 0) is 83.6 Å². The molecular weight excluding hydrogens is 993 g/mol. The molecule has 0 amide bonds. The third kappa shape index (κ3) is 18.6. The maximum Gasteiger partial charge on any atom is 0.346 e. The maximum absolute atomic E-state index is 13.7. The molecule has 11 nitrogen and oxygen atoms in total. The fraction of sp³-hybridized carbons (Fsp3) is 0.353. The summed E-state index contributed by atoms with van der Waals surface area (Å²) in [4.78, 5) is 106. The van der Waals surface area contributed by atoms with E-state index in [1.165, 1.54) is 138 Å². The number of ketones is 4. The third-order valence-electron chi connectivity index (χ3n) is 14.0. The highest BCUT2D eigenvalue weighted by Gasteiger charge is 2.25. The first-order chi connectivity index (χ1) is 38.5. The van der Waals surface area contributed by atoms with Crippen LogP contribution in [0.4, 0.5) is 0 Å². The van der Waals surface area contributed by atoms with E-state index in [4.69, 9.17) is 14.2 Å². The second-order valence-electron chi connectivity index (χ2n) is 20.0. The molecule has 11 heteroatoms. The van der Waals surface area contributed by atoms with Gasteiger partial charge in [0.1, 0.15) is 0 Å². The van der Waals surface area contributed by atoms with Crippen molar-refractivity contribution in [3.63, 3.8) is 0 Å². The van der Waals surface area contributed by atoms with Crippen molar-refractivity contribution < 1.29 is 52.6 Å². The van der Waals surface area contributed by atoms with Gasteiger partial charge in [-0.15, -0.1) is 0 Å². The van der Waals surface area contributed by atoms with Crippen molar-refractivity contribution in [2.24, 2.45) is 0 Å². The number of hydrogen-bond acceptors (Lipinski definition) is 11. The molecular formula is C68H74O11. The van der Waals surface area contributed by atoms with Crippen LogP contribution in [0.25, 0.3) is 22.3 Å². The standard InChI is InChI=1S/C68H74O11/c1-3-5-7-9-11-13-15-17-19-25-47-77-65(73)53-39-31-49(32-40-53)57-27-21-23-29-59(57)63(71)61(69)51-35-43-55(44-36-51)67(75)79-68(76)56-45-37-52(38-46-56)62(70)64(72)60-30-24-22-28-58(60)50-33-41-54(42-34-50)66(74)78-48-26-20-18-16-14-12-10-8-6-4-2/h21-24,27-46H,3-20,25-26,47-48H2,1-2H3. The summed E-state index contributed by atoms with van der Waals surface area (Å²) in [5.41, 5.74) is 3.16. The van der Waals surface area contributed by atoms with E-state index in [0.717, 1.165) is 38.5 Å². The fourth-order valence-corrected chi connectivity index (χ4v) is 9.34. The number of hydrogen-bond donors (Lipinski definition) is 0. The van der Waals surface area contributed by atoms with Crippen molar-refractivity contribution in [2.45, 2.75) is 142 Å². The Kier molecular flexibility index (Phi) is 25.0. The first-order valence-electron chi connectivity index (χ1n) is 28.4. The lowest BCUT2D eigenvalue weighted by Crippen LogP contribution is -2.17. The molecule has 0 aromatic heterocycles. The molecule has 6 aromatic rings. The smallest absolute Gasteiger partial charge is 0.346 e. The van der Waals surface area contributed by atoms with E-state index in [-0.39, 0.29) is 33.4 Å². The highest BCUT2D eigenvalue weighted by atomic mass is 16.6. The Labute approximate surface area is 465 Å². The van der Waals surface area contributed by atoms with Crippen molar-refractivity contribution in [3.05, 3.63) is 190 Å². The van der Waals surface area contributed by atoms with Crippen molar-refractivity contribution in [1.82, 2.24) is 0 Å². The molecule has 412 valence electrons. The monoisotopic (exact) mass is 1070 g/mol. The molecule has 0 aliphatic carbocycles. The highest BCUT2D eigenvalue weighted by molar-refractivity contribution is 6.50. The van der Waals surface area contributed by atoms with E-state index in [2.05, 4.69) is 13.8 Å². The Morgan fingerprint density at radius 2 is 0.544 bits per heavy atom. The lowest BCUT2D eigenvalue weighted by molar-refractivity contribution is 0.0394. The normalized spacial score (nSPS) is 10.9. The van der Waals surface area contributed by atoms with E-state index in [9.17, 15) is 38.4 Å². The number of benzene rings is 6. The molecule has 0 aliphatic heterocycles. The molecule has 0 heterocycles. The lowest BCUT2D eigenvalue weighted by atomic mass is 9.93. The summed E-state index contributed by atoms with van der Waals surface area (Å²) in [7, 11) is 0. The van der Waals surface area contributed by atoms with Crippen LogP contribution in [-0.4, -0.2) is 60.2 Å². The van der Waals surface area contributed by atoms with Crippen LogP contribution in [0.2, 0.25) is 0 Å². The van der Waals surface area contributed by atoms with Gasteiger partial charge in [0.25, 0.3) is 0 Å². The van der Waals surface area contributed by atoms with Gasteiger partial charge in [0.15, 0.2) is 0 Å². The predicted octanol–water partition coefficient (Wildman–Crippen LogP) is 16.3. The van der Waals surface area contributed by atoms with Gasteiger partial charge < -0.3 is 14.2 Å². The van der Waals surface area contributed by atoms with Gasteiger partial charge in [0.05, 0.1) is 35.5 Å². The summed E-state index contributed by atoms with van der Waals surface area (Å²) in [5.74, 6) is -6.11. The molecule has 6 aromatic carbocycles. The van der Waals surface area contributed by atoms with E-state index in [0.29, 0.717) is 46.6 Å². The molecule has 0 radical (unpaired) electrons. The van der Waals surface area contributed by atoms with Crippen LogP contribution in [0, 0.1) is 0 Å². The lowest BCUT2D eigenvalue weighted by Gasteiger charge is -2.10. The number of ether oxygens (including phenoxy) is 3. The second-order valence-corrected chi connectivity index (χ2v) is 20.0. The molecule has 6 rings (SSSR count). The average Bonchev–Trinajstić information content (AvgIpc) is 3.50. The fourth-order valence-electron chi connectivity index (χ4n) is 9.34. The van der Waals surface area contributed by atoms with Gasteiger partial charge in [-0.1, -0.05) is 226 Å². The van der Waals surface area contributed by atoms with Crippen LogP contribution in [0.15, 0.2) is 146 Å². The van der Waals surface area contributed by atoms with Crippen LogP contribution >= 0.6 is 0 Å². The largest absolute Gasteiger partial charge is 0.462 e. The minimum atomic E-state index is -1.02. The second kappa shape index (κ2) is 32.7. The molecule has 0 fully saturated rings. The van der Waals surface area contributed by atoms with Crippen molar-refractivity contribution in [1.29, 1.82) is 0 Å². The van der Waals surface area contributed by atoms with Gasteiger partial charge in [-0.3, -0.25) is 19.2 Å². The first-order valence-corrected chi connectivity index (χ1v) is 28.4. The number of carbonyl (C=O) groups is 8. The van der Waals surface area contributed by atoms with Crippen LogP contribution in [-0.2, 0) is 14.2 Å². The minimum absolute atomic E-state index is 0.00493. The van der Waals surface area contributed by atoms with Crippen molar-refractivity contribution >= 4 is 47.0 Å². The predicted molar refractivity (Wildman–Crippen MR) is 308 cm³/mol. The molecule has 79 heavy (non-hydrogen) atoms. The Morgan fingerprint density at radius 3 is 0.873 bits per heavy atom. The summed E-state index contributed by atoms with van der Waals surface area (Å²) in [5, 5.41) is 0. The van der Waals surface area contributed by atoms with E-state index < -0.39 is 47.0 Å². The van der Waals surface area contributed by atoms with Gasteiger partial charge in [-0.2, -0.15) is 0 Å². The first kappa shape index (κ1) is 60.3. The van der Waals surface area contributed by atoms with Gasteiger partial charge in [-0.25, -0.2) is 19.2 Å². The van der Waals surface area contributed by atoms with Gasteiger partial charge in [0, 0.05) is 22.3 Å². The summed E-state index contributed by atoms with van der Waals surface area (Å²) in [6.45, 7) is 5.14. The zero-order valence-corrected chi connectivity index (χ0v) is 45.9. The number of carbonyl (C=O) groups excluding carboxylic acids is 8. The summed E-state index contributed by atoms with van der Waals surface area (Å²) in [6, 6.07) is 36.9. The number of Topliss-reactive ketones (excluding diaryl/α,β-unsaturated/α-hetero) is 4. The minimum Gasteiger partial charge on any atom is -0.462 e. The average molecular weight is 1070 g/mol. The Bertz CT molecular complexity index is 2770. The van der Waals surface area contributed by atoms with Crippen LogP contribution in [0.3, 0.4) is 0 Å². The van der Waals surface area contributed by atoms with Crippen LogP contribution in [0.1, 0.15) is 225 Å². The number of rotatable bonds is 34. The molecule has 0 unspecified atom stereocenters. The summed E-state index contributed by atoms with van der Waals surface area (Å²) >= 11 is 0. The molecule has 0 spiro atoms. The Balaban J connectivity index is 0.957. The number of unbranched alkanes of at least 4 members (excludes halogenated alkanes) is 18. The molecule has 0 bridgehead atoms. The maximum atomic E-state index is 13.7. The van der Waals surface area contributed by atoms with E-state index >= 15 is 0 Å². The SMILES string of the molecule is CCCCCCCCCCCCOC(=O)c1ccc(-c2ccccc2C(=O)C(=O)c2ccc(C(=O)OC(=O)c3ccc(C(=O)C(=O)c4ccccc4-c4ccc(C(=O)OCCCCCCCCCCCC)cc4)cc3)cc2)cc1. The molecule has 0 saturated carbocycles. The molecule has 0 saturated heterocycles. The zero-order valence-electron chi connectivity index (χ0n) is 45.9. The molecule has 0 N–H and O–H groups in total. The zero-order chi connectivity index (χ0) is 56.2. The third-order valence-corrected chi connectivity index (χ3v) is 14.0. The van der Waals surface area contributed by atoms with Crippen LogP contribution in [0.5, 0.6) is 0 Å². The van der Waals surface area contributed by atoms with Crippen LogP contribution < -0.4 is 0 Å². The Hall–Kier alpha value is -7.92. The van der Waals surface area contributed by atoms with E-state index in [1.807, 2.05) is 0 Å². The summed E-state index contributed by atoms with van der Waals surface area (Å²) < 4.78 is 16.1. The number of esters is 4. The van der Waals surface area contributed by atoms with Gasteiger partial charge >= 0.3 is 23.9 Å². The highest BCUT2D eigenvalue weighted by Crippen LogP contribution is 2.28. The topological polar surface area (TPSA) is 164 Å². The molecule has 0 aliphatic rings.